The smallest absolute Gasteiger partial charge is 0.330 e. The van der Waals surface area contributed by atoms with Crippen molar-refractivity contribution in [3.63, 3.8) is 0 Å². The molecule has 1 aliphatic rings. The Labute approximate surface area is 180 Å². The fraction of sp³-hybridized carbons (Fsp3) is 0.333. The van der Waals surface area contributed by atoms with E-state index in [0.717, 1.165) is 11.1 Å². The Morgan fingerprint density at radius 2 is 1.65 bits per heavy atom. The quantitative estimate of drug-likeness (QED) is 0.604. The van der Waals surface area contributed by atoms with E-state index in [9.17, 15) is 9.59 Å². The summed E-state index contributed by atoms with van der Waals surface area (Å²) < 4.78 is 19.6. The molecular weight excluding hydrogens is 396 g/mol. The molecule has 3 aromatic rings. The number of aryl methyl sites for hydroxylation is 1. The lowest BCUT2D eigenvalue weighted by Crippen LogP contribution is -2.33. The Hall–Kier alpha value is -3.00. The number of aromatic amines is 1. The Balaban J connectivity index is 1.46. The summed E-state index contributed by atoms with van der Waals surface area (Å²) in [6.07, 6.45) is 0.899. The van der Waals surface area contributed by atoms with Gasteiger partial charge in [0.05, 0.1) is 25.9 Å². The van der Waals surface area contributed by atoms with Crippen molar-refractivity contribution in [2.75, 3.05) is 6.61 Å². The number of rotatable bonds is 8. The van der Waals surface area contributed by atoms with E-state index >= 15 is 0 Å². The molecule has 1 aromatic heterocycles. The third kappa shape index (κ3) is 5.38. The summed E-state index contributed by atoms with van der Waals surface area (Å²) in [6, 6.07) is 19.8. The monoisotopic (exact) mass is 422 g/mol. The molecule has 3 atom stereocenters. The number of benzene rings is 2. The lowest BCUT2D eigenvalue weighted by Gasteiger charge is -2.19. The van der Waals surface area contributed by atoms with E-state index in [0.29, 0.717) is 31.8 Å². The SMILES string of the molecule is Cc1cn([C@@H]2C[C@@H](OCc3ccccc3)[C@@H](COCc3ccccc3)O2)c(=O)[nH]c1=O. The highest BCUT2D eigenvalue weighted by Crippen LogP contribution is 2.31. The number of aromatic nitrogens is 2. The molecule has 0 unspecified atom stereocenters. The summed E-state index contributed by atoms with van der Waals surface area (Å²) in [4.78, 5) is 26.4. The van der Waals surface area contributed by atoms with Crippen molar-refractivity contribution in [1.29, 1.82) is 0 Å². The summed E-state index contributed by atoms with van der Waals surface area (Å²) in [5.74, 6) is 0. The van der Waals surface area contributed by atoms with E-state index in [1.807, 2.05) is 60.7 Å². The van der Waals surface area contributed by atoms with E-state index < -0.39 is 11.9 Å². The van der Waals surface area contributed by atoms with Crippen LogP contribution in [0.15, 0.2) is 76.4 Å². The molecule has 2 aromatic carbocycles. The van der Waals surface area contributed by atoms with Gasteiger partial charge in [-0.3, -0.25) is 14.3 Å². The van der Waals surface area contributed by atoms with Gasteiger partial charge in [-0.1, -0.05) is 60.7 Å². The van der Waals surface area contributed by atoms with Gasteiger partial charge in [-0.05, 0) is 18.1 Å². The summed E-state index contributed by atoms with van der Waals surface area (Å²) in [6.45, 7) is 2.90. The average molecular weight is 422 g/mol. The molecular formula is C24H26N2O5. The second kappa shape index (κ2) is 9.87. The summed E-state index contributed by atoms with van der Waals surface area (Å²) >= 11 is 0. The first kappa shape index (κ1) is 21.2. The topological polar surface area (TPSA) is 82.6 Å². The van der Waals surface area contributed by atoms with Gasteiger partial charge in [0.25, 0.3) is 5.56 Å². The van der Waals surface area contributed by atoms with Crippen LogP contribution < -0.4 is 11.2 Å². The van der Waals surface area contributed by atoms with Crippen molar-refractivity contribution in [3.8, 4) is 0 Å². The fourth-order valence-electron chi connectivity index (χ4n) is 3.64. The predicted octanol–water partition coefficient (Wildman–Crippen LogP) is 2.93. The largest absolute Gasteiger partial charge is 0.374 e. The van der Waals surface area contributed by atoms with Crippen LogP contribution in [0.25, 0.3) is 0 Å². The Bertz CT molecular complexity index is 1090. The maximum atomic E-state index is 12.3. The fourth-order valence-corrected chi connectivity index (χ4v) is 3.64. The second-order valence-electron chi connectivity index (χ2n) is 7.68. The molecule has 1 aliphatic heterocycles. The van der Waals surface area contributed by atoms with Gasteiger partial charge in [-0.15, -0.1) is 0 Å². The van der Waals surface area contributed by atoms with Crippen LogP contribution >= 0.6 is 0 Å². The van der Waals surface area contributed by atoms with Crippen molar-refractivity contribution < 1.29 is 14.2 Å². The zero-order valence-electron chi connectivity index (χ0n) is 17.4. The van der Waals surface area contributed by atoms with Crippen molar-refractivity contribution in [3.05, 3.63) is 104 Å². The molecule has 1 fully saturated rings. The molecule has 7 heteroatoms. The first-order valence-electron chi connectivity index (χ1n) is 10.3. The Morgan fingerprint density at radius 1 is 1.00 bits per heavy atom. The van der Waals surface area contributed by atoms with Gasteiger partial charge in [0.2, 0.25) is 0 Å². The van der Waals surface area contributed by atoms with Crippen LogP contribution in [0.2, 0.25) is 0 Å². The van der Waals surface area contributed by atoms with E-state index in [1.165, 1.54) is 10.8 Å². The van der Waals surface area contributed by atoms with Crippen molar-refractivity contribution in [1.82, 2.24) is 9.55 Å². The summed E-state index contributed by atoms with van der Waals surface area (Å²) in [5.41, 5.74) is 1.71. The van der Waals surface area contributed by atoms with E-state index in [4.69, 9.17) is 14.2 Å². The standard InChI is InChI=1S/C24H26N2O5/c1-17-13-26(24(28)25-23(17)27)22-12-20(30-15-19-10-6-3-7-11-19)21(31-22)16-29-14-18-8-4-2-5-9-18/h2-11,13,20-22H,12,14-16H2,1H3,(H,25,27,28)/t20-,21-,22+/m1/s1. The van der Waals surface area contributed by atoms with E-state index in [-0.39, 0.29) is 17.8 Å². The Kier molecular flexibility index (Phi) is 6.76. The molecule has 0 aliphatic carbocycles. The molecule has 0 spiro atoms. The Morgan fingerprint density at radius 3 is 2.32 bits per heavy atom. The first-order chi connectivity index (χ1) is 15.1. The highest BCUT2D eigenvalue weighted by molar-refractivity contribution is 5.14. The molecule has 0 bridgehead atoms. The molecule has 7 nitrogen and oxygen atoms in total. The molecule has 0 amide bonds. The third-order valence-electron chi connectivity index (χ3n) is 5.34. The number of H-pyrrole nitrogens is 1. The minimum Gasteiger partial charge on any atom is -0.374 e. The number of ether oxygens (including phenoxy) is 3. The number of nitrogens with zero attached hydrogens (tertiary/aromatic N) is 1. The van der Waals surface area contributed by atoms with Gasteiger partial charge in [-0.25, -0.2) is 4.79 Å². The number of hydrogen-bond donors (Lipinski definition) is 1. The first-order valence-corrected chi connectivity index (χ1v) is 10.3. The van der Waals surface area contributed by atoms with Crippen molar-refractivity contribution in [2.24, 2.45) is 0 Å². The number of hydrogen-bond acceptors (Lipinski definition) is 5. The molecule has 2 heterocycles. The number of nitrogens with one attached hydrogen (secondary N) is 1. The van der Waals surface area contributed by atoms with Crippen LogP contribution in [0.3, 0.4) is 0 Å². The average Bonchev–Trinajstić information content (AvgIpc) is 3.19. The summed E-state index contributed by atoms with van der Waals surface area (Å²) in [7, 11) is 0. The summed E-state index contributed by atoms with van der Waals surface area (Å²) in [5, 5.41) is 0. The highest BCUT2D eigenvalue weighted by atomic mass is 16.6. The molecule has 1 saturated heterocycles. The molecule has 31 heavy (non-hydrogen) atoms. The van der Waals surface area contributed by atoms with Crippen LogP contribution in [0.4, 0.5) is 0 Å². The molecule has 0 saturated carbocycles. The highest BCUT2D eigenvalue weighted by Gasteiger charge is 2.37. The van der Waals surface area contributed by atoms with E-state index in [2.05, 4.69) is 4.98 Å². The van der Waals surface area contributed by atoms with Gasteiger partial charge < -0.3 is 14.2 Å². The van der Waals surface area contributed by atoms with Crippen LogP contribution in [-0.2, 0) is 27.4 Å². The molecule has 1 N–H and O–H groups in total. The van der Waals surface area contributed by atoms with Gasteiger partial charge in [0.15, 0.2) is 0 Å². The molecule has 4 rings (SSSR count). The maximum Gasteiger partial charge on any atom is 0.330 e. The zero-order valence-corrected chi connectivity index (χ0v) is 17.4. The lowest BCUT2D eigenvalue weighted by atomic mass is 10.1. The van der Waals surface area contributed by atoms with Crippen LogP contribution in [0.1, 0.15) is 29.3 Å². The minimum atomic E-state index is -0.533. The van der Waals surface area contributed by atoms with Crippen LogP contribution in [0.5, 0.6) is 0 Å². The third-order valence-corrected chi connectivity index (χ3v) is 5.34. The lowest BCUT2D eigenvalue weighted by molar-refractivity contribution is -0.0832. The van der Waals surface area contributed by atoms with Gasteiger partial charge >= 0.3 is 5.69 Å². The minimum absolute atomic E-state index is 0.250. The van der Waals surface area contributed by atoms with Gasteiger partial charge in [-0.2, -0.15) is 0 Å². The van der Waals surface area contributed by atoms with Gasteiger partial charge in [0, 0.05) is 18.2 Å². The second-order valence-corrected chi connectivity index (χ2v) is 7.68. The van der Waals surface area contributed by atoms with Crippen molar-refractivity contribution in [2.45, 2.75) is 45.0 Å². The van der Waals surface area contributed by atoms with Gasteiger partial charge in [0.1, 0.15) is 12.3 Å². The zero-order chi connectivity index (χ0) is 21.6. The maximum absolute atomic E-state index is 12.3. The molecule has 0 radical (unpaired) electrons. The normalized spacial score (nSPS) is 20.7. The van der Waals surface area contributed by atoms with Crippen molar-refractivity contribution >= 4 is 0 Å². The van der Waals surface area contributed by atoms with E-state index in [1.54, 1.807) is 6.92 Å². The van der Waals surface area contributed by atoms with Crippen LogP contribution in [-0.4, -0.2) is 28.4 Å². The van der Waals surface area contributed by atoms with Crippen LogP contribution in [0, 0.1) is 6.92 Å². The molecule has 162 valence electrons. The predicted molar refractivity (Wildman–Crippen MR) is 116 cm³/mol.